The summed E-state index contributed by atoms with van der Waals surface area (Å²) in [6.07, 6.45) is 3.51. The van der Waals surface area contributed by atoms with Gasteiger partial charge in [0.05, 0.1) is 6.10 Å². The first-order valence-corrected chi connectivity index (χ1v) is 5.08. The third-order valence-electron chi connectivity index (χ3n) is 2.53. The topological polar surface area (TPSA) is 20.2 Å². The zero-order valence-corrected chi connectivity index (χ0v) is 8.69. The Balaban J connectivity index is 2.43. The number of aliphatic hydroxyl groups is 1. The first-order valence-electron chi connectivity index (χ1n) is 5.08. The van der Waals surface area contributed by atoms with E-state index in [-0.39, 0.29) is 12.0 Å². The highest BCUT2D eigenvalue weighted by Crippen LogP contribution is 2.14. The molecule has 1 rings (SSSR count). The van der Waals surface area contributed by atoms with Gasteiger partial charge in [0, 0.05) is 5.92 Å². The van der Waals surface area contributed by atoms with Crippen molar-refractivity contribution in [2.75, 3.05) is 0 Å². The van der Waals surface area contributed by atoms with Crippen LogP contribution in [0.2, 0.25) is 0 Å². The van der Waals surface area contributed by atoms with Gasteiger partial charge >= 0.3 is 0 Å². The van der Waals surface area contributed by atoms with Crippen LogP contribution in [-0.4, -0.2) is 11.2 Å². The largest absolute Gasteiger partial charge is 0.393 e. The summed E-state index contributed by atoms with van der Waals surface area (Å²) in [7, 11) is 0. The van der Waals surface area contributed by atoms with Crippen LogP contribution in [0, 0.1) is 5.92 Å². The van der Waals surface area contributed by atoms with Crippen LogP contribution in [0.4, 0.5) is 0 Å². The third-order valence-corrected chi connectivity index (χ3v) is 2.53. The molecule has 1 N–H and O–H groups in total. The molecule has 0 saturated carbocycles. The number of rotatable bonds is 5. The molecule has 0 spiro atoms. The first kappa shape index (κ1) is 11.0. The number of hydrogen-bond acceptors (Lipinski definition) is 1. The molecular weight excluding hydrogens is 172 g/mol. The van der Waals surface area contributed by atoms with Crippen molar-refractivity contribution < 1.29 is 5.11 Å². The minimum absolute atomic E-state index is 0.204. The molecule has 14 heavy (non-hydrogen) atoms. The molecule has 1 heteroatoms. The van der Waals surface area contributed by atoms with Crippen molar-refractivity contribution >= 4 is 0 Å². The van der Waals surface area contributed by atoms with Crippen LogP contribution in [-0.2, 0) is 6.42 Å². The average molecular weight is 190 g/mol. The SMILES string of the molecule is C=C[C@H](CCc1ccccc1)[C@H](C)O. The Bertz CT molecular complexity index is 264. The molecule has 0 saturated heterocycles. The maximum Gasteiger partial charge on any atom is 0.0574 e. The van der Waals surface area contributed by atoms with E-state index in [1.807, 2.05) is 31.2 Å². The highest BCUT2D eigenvalue weighted by molar-refractivity contribution is 5.14. The lowest BCUT2D eigenvalue weighted by atomic mass is 9.95. The summed E-state index contributed by atoms with van der Waals surface area (Å²) < 4.78 is 0. The van der Waals surface area contributed by atoms with Crippen LogP contribution < -0.4 is 0 Å². The van der Waals surface area contributed by atoms with E-state index < -0.39 is 0 Å². The fraction of sp³-hybridized carbons (Fsp3) is 0.385. The van der Waals surface area contributed by atoms with E-state index in [1.165, 1.54) is 5.56 Å². The summed E-state index contributed by atoms with van der Waals surface area (Å²) in [5.41, 5.74) is 1.32. The van der Waals surface area contributed by atoms with Crippen LogP contribution in [0.15, 0.2) is 43.0 Å². The van der Waals surface area contributed by atoms with Gasteiger partial charge in [-0.3, -0.25) is 0 Å². The van der Waals surface area contributed by atoms with Crippen molar-refractivity contribution in [1.29, 1.82) is 0 Å². The fourth-order valence-electron chi connectivity index (χ4n) is 1.53. The van der Waals surface area contributed by atoms with Gasteiger partial charge in [0.2, 0.25) is 0 Å². The minimum Gasteiger partial charge on any atom is -0.393 e. The molecule has 0 radical (unpaired) electrons. The molecule has 2 atom stereocenters. The second kappa shape index (κ2) is 5.61. The van der Waals surface area contributed by atoms with Crippen LogP contribution >= 0.6 is 0 Å². The lowest BCUT2D eigenvalue weighted by Gasteiger charge is -2.15. The third kappa shape index (κ3) is 3.35. The Labute approximate surface area is 86.1 Å². The normalized spacial score (nSPS) is 14.7. The summed E-state index contributed by atoms with van der Waals surface area (Å²) in [4.78, 5) is 0. The Morgan fingerprint density at radius 1 is 1.36 bits per heavy atom. The van der Waals surface area contributed by atoms with Gasteiger partial charge in [-0.05, 0) is 25.3 Å². The van der Waals surface area contributed by atoms with Crippen molar-refractivity contribution in [1.82, 2.24) is 0 Å². The summed E-state index contributed by atoms with van der Waals surface area (Å²) >= 11 is 0. The Hall–Kier alpha value is -1.08. The molecule has 1 aromatic carbocycles. The van der Waals surface area contributed by atoms with E-state index in [2.05, 4.69) is 18.7 Å². The maximum atomic E-state index is 9.42. The highest BCUT2D eigenvalue weighted by Gasteiger charge is 2.10. The smallest absolute Gasteiger partial charge is 0.0574 e. The van der Waals surface area contributed by atoms with E-state index in [0.29, 0.717) is 0 Å². The van der Waals surface area contributed by atoms with Crippen LogP contribution in [0.25, 0.3) is 0 Å². The lowest BCUT2D eigenvalue weighted by molar-refractivity contribution is 0.144. The second-order valence-corrected chi connectivity index (χ2v) is 3.66. The molecule has 0 heterocycles. The van der Waals surface area contributed by atoms with Crippen molar-refractivity contribution in [2.45, 2.75) is 25.9 Å². The second-order valence-electron chi connectivity index (χ2n) is 3.66. The Morgan fingerprint density at radius 2 is 2.00 bits per heavy atom. The zero-order valence-electron chi connectivity index (χ0n) is 8.69. The van der Waals surface area contributed by atoms with E-state index in [0.717, 1.165) is 12.8 Å². The van der Waals surface area contributed by atoms with E-state index in [9.17, 15) is 5.11 Å². The molecule has 0 bridgehead atoms. The molecule has 0 aliphatic heterocycles. The number of aliphatic hydroxyl groups excluding tert-OH is 1. The van der Waals surface area contributed by atoms with E-state index in [4.69, 9.17) is 0 Å². The van der Waals surface area contributed by atoms with Gasteiger partial charge in [-0.2, -0.15) is 0 Å². The van der Waals surface area contributed by atoms with Gasteiger partial charge in [0.1, 0.15) is 0 Å². The Morgan fingerprint density at radius 3 is 2.50 bits per heavy atom. The van der Waals surface area contributed by atoms with Gasteiger partial charge in [-0.1, -0.05) is 36.4 Å². The first-order chi connectivity index (χ1) is 6.74. The van der Waals surface area contributed by atoms with Gasteiger partial charge in [0.25, 0.3) is 0 Å². The lowest BCUT2D eigenvalue weighted by Crippen LogP contribution is -2.14. The Kier molecular flexibility index (Phi) is 4.41. The number of aryl methyl sites for hydroxylation is 1. The summed E-state index contributed by atoms with van der Waals surface area (Å²) in [6, 6.07) is 10.3. The summed E-state index contributed by atoms with van der Waals surface area (Å²) in [6.45, 7) is 5.55. The van der Waals surface area contributed by atoms with Crippen molar-refractivity contribution in [2.24, 2.45) is 5.92 Å². The van der Waals surface area contributed by atoms with Crippen molar-refractivity contribution in [3.63, 3.8) is 0 Å². The van der Waals surface area contributed by atoms with Gasteiger partial charge in [-0.15, -0.1) is 6.58 Å². The fourth-order valence-corrected chi connectivity index (χ4v) is 1.53. The average Bonchev–Trinajstić information content (AvgIpc) is 2.20. The predicted octanol–water partition coefficient (Wildman–Crippen LogP) is 2.80. The maximum absolute atomic E-state index is 9.42. The number of benzene rings is 1. The molecule has 76 valence electrons. The number of hydrogen-bond donors (Lipinski definition) is 1. The summed E-state index contributed by atoms with van der Waals surface area (Å²) in [5, 5.41) is 9.42. The highest BCUT2D eigenvalue weighted by atomic mass is 16.3. The molecule has 0 amide bonds. The summed E-state index contributed by atoms with van der Waals surface area (Å²) in [5.74, 6) is 0.204. The van der Waals surface area contributed by atoms with Gasteiger partial charge < -0.3 is 5.11 Å². The van der Waals surface area contributed by atoms with Gasteiger partial charge in [0.15, 0.2) is 0 Å². The predicted molar refractivity (Wildman–Crippen MR) is 60.1 cm³/mol. The van der Waals surface area contributed by atoms with Crippen LogP contribution in [0.3, 0.4) is 0 Å². The molecule has 0 aliphatic rings. The van der Waals surface area contributed by atoms with Crippen molar-refractivity contribution in [3.8, 4) is 0 Å². The molecule has 1 aromatic rings. The zero-order chi connectivity index (χ0) is 10.4. The molecule has 0 aromatic heterocycles. The van der Waals surface area contributed by atoms with Crippen LogP contribution in [0.1, 0.15) is 18.9 Å². The monoisotopic (exact) mass is 190 g/mol. The van der Waals surface area contributed by atoms with E-state index in [1.54, 1.807) is 0 Å². The molecular formula is C13H18O. The van der Waals surface area contributed by atoms with Gasteiger partial charge in [-0.25, -0.2) is 0 Å². The minimum atomic E-state index is -0.295. The molecule has 1 nitrogen and oxygen atoms in total. The van der Waals surface area contributed by atoms with Crippen molar-refractivity contribution in [3.05, 3.63) is 48.6 Å². The molecule has 0 aliphatic carbocycles. The standard InChI is InChI=1S/C13H18O/c1-3-13(11(2)14)10-9-12-7-5-4-6-8-12/h3-8,11,13-14H,1,9-10H2,2H3/t11-,13+/m0/s1. The molecule has 0 unspecified atom stereocenters. The van der Waals surface area contributed by atoms with Crippen LogP contribution in [0.5, 0.6) is 0 Å². The van der Waals surface area contributed by atoms with E-state index >= 15 is 0 Å². The quantitative estimate of drug-likeness (QED) is 0.708. The molecule has 0 fully saturated rings.